The maximum Gasteiger partial charge on any atom is 0.234 e. The molecule has 26 heavy (non-hydrogen) atoms. The van der Waals surface area contributed by atoms with Gasteiger partial charge in [-0.3, -0.25) is 9.69 Å². The summed E-state index contributed by atoms with van der Waals surface area (Å²) in [4.78, 5) is 16.2. The summed E-state index contributed by atoms with van der Waals surface area (Å²) >= 11 is 5.90. The van der Waals surface area contributed by atoms with Crippen molar-refractivity contribution in [3.05, 3.63) is 59.6 Å². The molecule has 1 amide bonds. The number of rotatable bonds is 10. The number of halogens is 1. The maximum absolute atomic E-state index is 12.0. The predicted molar refractivity (Wildman–Crippen MR) is 107 cm³/mol. The van der Waals surface area contributed by atoms with Gasteiger partial charge in [-0.1, -0.05) is 35.9 Å². The summed E-state index contributed by atoms with van der Waals surface area (Å²) in [5.41, 5.74) is 1.17. The molecule has 0 aliphatic rings. The number of anilines is 1. The van der Waals surface area contributed by atoms with Crippen LogP contribution in [0.4, 0.5) is 5.69 Å². The molecule has 0 saturated carbocycles. The van der Waals surface area contributed by atoms with Gasteiger partial charge in [0.1, 0.15) is 12.4 Å². The molecule has 2 rings (SSSR count). The highest BCUT2D eigenvalue weighted by molar-refractivity contribution is 6.30. The van der Waals surface area contributed by atoms with Crippen LogP contribution in [0.2, 0.25) is 5.02 Å². The van der Waals surface area contributed by atoms with Crippen LogP contribution in [0, 0.1) is 0 Å². The molecule has 0 bridgehead atoms. The van der Waals surface area contributed by atoms with E-state index in [4.69, 9.17) is 16.3 Å². The Bertz CT molecular complexity index is 682. The number of likely N-dealkylation sites (N-methyl/N-ethyl adjacent to an activating group) is 2. The van der Waals surface area contributed by atoms with E-state index in [1.807, 2.05) is 42.3 Å². The molecule has 5 nitrogen and oxygen atoms in total. The van der Waals surface area contributed by atoms with Crippen LogP contribution < -0.4 is 15.0 Å². The predicted octanol–water partition coefficient (Wildman–Crippen LogP) is 2.90. The summed E-state index contributed by atoms with van der Waals surface area (Å²) in [5.74, 6) is 0.692. The molecular weight excluding hydrogens is 350 g/mol. The third-order valence-corrected chi connectivity index (χ3v) is 4.15. The fourth-order valence-corrected chi connectivity index (χ4v) is 2.61. The van der Waals surface area contributed by atoms with Crippen molar-refractivity contribution in [1.29, 1.82) is 0 Å². The number of benzene rings is 2. The Morgan fingerprint density at radius 2 is 1.85 bits per heavy atom. The number of carbonyl (C=O) groups excluding carboxylic acids is 1. The van der Waals surface area contributed by atoms with Crippen LogP contribution in [0.1, 0.15) is 0 Å². The van der Waals surface area contributed by atoms with Gasteiger partial charge in [-0.25, -0.2) is 0 Å². The molecule has 0 atom stereocenters. The van der Waals surface area contributed by atoms with Crippen molar-refractivity contribution >= 4 is 23.2 Å². The van der Waals surface area contributed by atoms with E-state index in [0.29, 0.717) is 30.5 Å². The molecule has 2 aromatic carbocycles. The number of carbonyl (C=O) groups is 1. The normalized spacial score (nSPS) is 10.6. The molecule has 0 saturated heterocycles. The van der Waals surface area contributed by atoms with Crippen LogP contribution in [-0.2, 0) is 4.79 Å². The Morgan fingerprint density at radius 1 is 1.08 bits per heavy atom. The first-order chi connectivity index (χ1) is 12.5. The molecule has 1 N–H and O–H groups in total. The molecule has 0 heterocycles. The zero-order valence-corrected chi connectivity index (χ0v) is 16.1. The lowest BCUT2D eigenvalue weighted by Crippen LogP contribution is -2.39. The Hall–Kier alpha value is -2.24. The Morgan fingerprint density at radius 3 is 2.58 bits per heavy atom. The van der Waals surface area contributed by atoms with Gasteiger partial charge in [-0.05, 0) is 37.4 Å². The van der Waals surface area contributed by atoms with Gasteiger partial charge in [-0.15, -0.1) is 0 Å². The summed E-state index contributed by atoms with van der Waals surface area (Å²) in [5, 5.41) is 3.50. The van der Waals surface area contributed by atoms with Crippen molar-refractivity contribution in [3.63, 3.8) is 0 Å². The van der Waals surface area contributed by atoms with Crippen molar-refractivity contribution < 1.29 is 9.53 Å². The minimum absolute atomic E-state index is 0.00967. The van der Waals surface area contributed by atoms with Crippen molar-refractivity contribution in [1.82, 2.24) is 10.2 Å². The van der Waals surface area contributed by atoms with E-state index in [0.717, 1.165) is 13.1 Å². The van der Waals surface area contributed by atoms with Gasteiger partial charge in [0.2, 0.25) is 5.91 Å². The first-order valence-electron chi connectivity index (χ1n) is 8.64. The molecular formula is C20H26ClN3O2. The minimum Gasteiger partial charge on any atom is -0.492 e. The first kappa shape index (κ1) is 20.1. The number of amides is 1. The Kier molecular flexibility index (Phi) is 8.25. The van der Waals surface area contributed by atoms with E-state index in [1.54, 1.807) is 12.1 Å². The second-order valence-corrected chi connectivity index (χ2v) is 6.59. The standard InChI is InChI=1S/C20H26ClN3O2/c1-23(12-13-24(2)18-8-4-3-5-9-18)16-20(25)22-11-14-26-19-10-6-7-17(21)15-19/h3-10,15H,11-14,16H2,1-2H3,(H,22,25). The zero-order chi connectivity index (χ0) is 18.8. The maximum atomic E-state index is 12.0. The van der Waals surface area contributed by atoms with Gasteiger partial charge < -0.3 is 15.0 Å². The molecule has 140 valence electrons. The largest absolute Gasteiger partial charge is 0.492 e. The lowest BCUT2D eigenvalue weighted by atomic mass is 10.3. The van der Waals surface area contributed by atoms with Crippen LogP contribution in [0.5, 0.6) is 5.75 Å². The van der Waals surface area contributed by atoms with Crippen LogP contribution in [-0.4, -0.2) is 57.7 Å². The van der Waals surface area contributed by atoms with Crippen molar-refractivity contribution in [2.24, 2.45) is 0 Å². The number of hydrogen-bond donors (Lipinski definition) is 1. The molecule has 0 aliphatic carbocycles. The number of hydrogen-bond acceptors (Lipinski definition) is 4. The van der Waals surface area contributed by atoms with E-state index in [-0.39, 0.29) is 5.91 Å². The summed E-state index contributed by atoms with van der Waals surface area (Å²) in [6.07, 6.45) is 0. The zero-order valence-electron chi connectivity index (χ0n) is 15.3. The Labute approximate surface area is 160 Å². The first-order valence-corrected chi connectivity index (χ1v) is 9.02. The smallest absolute Gasteiger partial charge is 0.234 e. The van der Waals surface area contributed by atoms with Crippen LogP contribution in [0.3, 0.4) is 0 Å². The molecule has 0 spiro atoms. The molecule has 0 aromatic heterocycles. The van der Waals surface area contributed by atoms with E-state index in [9.17, 15) is 4.79 Å². The second kappa shape index (κ2) is 10.7. The SMILES string of the molecule is CN(CCN(C)c1ccccc1)CC(=O)NCCOc1cccc(Cl)c1. The quantitative estimate of drug-likeness (QED) is 0.648. The van der Waals surface area contributed by atoms with E-state index in [1.165, 1.54) is 5.69 Å². The topological polar surface area (TPSA) is 44.8 Å². The van der Waals surface area contributed by atoms with Gasteiger partial charge in [0, 0.05) is 30.8 Å². The fourth-order valence-electron chi connectivity index (χ4n) is 2.43. The van der Waals surface area contributed by atoms with E-state index in [2.05, 4.69) is 29.4 Å². The monoisotopic (exact) mass is 375 g/mol. The number of nitrogens with one attached hydrogen (secondary N) is 1. The Balaban J connectivity index is 1.59. The van der Waals surface area contributed by atoms with Crippen LogP contribution in [0.25, 0.3) is 0 Å². The molecule has 6 heteroatoms. The summed E-state index contributed by atoms with van der Waals surface area (Å²) < 4.78 is 5.55. The third kappa shape index (κ3) is 7.33. The summed E-state index contributed by atoms with van der Waals surface area (Å²) in [7, 11) is 4.00. The van der Waals surface area contributed by atoms with Gasteiger partial charge in [0.05, 0.1) is 13.1 Å². The fraction of sp³-hybridized carbons (Fsp3) is 0.350. The van der Waals surface area contributed by atoms with Gasteiger partial charge in [0.15, 0.2) is 0 Å². The third-order valence-electron chi connectivity index (χ3n) is 3.92. The minimum atomic E-state index is -0.00967. The highest BCUT2D eigenvalue weighted by Gasteiger charge is 2.08. The van der Waals surface area contributed by atoms with E-state index >= 15 is 0 Å². The summed E-state index contributed by atoms with van der Waals surface area (Å²) in [6.45, 7) is 2.89. The second-order valence-electron chi connectivity index (χ2n) is 6.15. The average Bonchev–Trinajstić information content (AvgIpc) is 2.64. The highest BCUT2D eigenvalue weighted by atomic mass is 35.5. The van der Waals surface area contributed by atoms with Crippen LogP contribution in [0.15, 0.2) is 54.6 Å². The molecule has 2 aromatic rings. The number of nitrogens with zero attached hydrogens (tertiary/aromatic N) is 2. The van der Waals surface area contributed by atoms with E-state index < -0.39 is 0 Å². The molecule has 0 aliphatic heterocycles. The van der Waals surface area contributed by atoms with Crippen molar-refractivity contribution in [3.8, 4) is 5.75 Å². The van der Waals surface area contributed by atoms with Crippen LogP contribution >= 0.6 is 11.6 Å². The highest BCUT2D eigenvalue weighted by Crippen LogP contribution is 2.16. The van der Waals surface area contributed by atoms with Gasteiger partial charge >= 0.3 is 0 Å². The van der Waals surface area contributed by atoms with Gasteiger partial charge in [-0.2, -0.15) is 0 Å². The van der Waals surface area contributed by atoms with Crippen molar-refractivity contribution in [2.45, 2.75) is 0 Å². The summed E-state index contributed by atoms with van der Waals surface area (Å²) in [6, 6.07) is 17.4. The lowest BCUT2D eigenvalue weighted by Gasteiger charge is -2.23. The number of ether oxygens (including phenoxy) is 1. The van der Waals surface area contributed by atoms with Gasteiger partial charge in [0.25, 0.3) is 0 Å². The average molecular weight is 376 g/mol. The number of para-hydroxylation sites is 1. The molecule has 0 unspecified atom stereocenters. The lowest BCUT2D eigenvalue weighted by molar-refractivity contribution is -0.122. The van der Waals surface area contributed by atoms with Crippen molar-refractivity contribution in [2.75, 3.05) is 51.8 Å². The molecule has 0 radical (unpaired) electrons. The molecule has 0 fully saturated rings.